The Morgan fingerprint density at radius 3 is 2.72 bits per heavy atom. The normalized spacial score (nSPS) is 29.5. The Labute approximate surface area is 290 Å². The highest BCUT2D eigenvalue weighted by Crippen LogP contribution is 2.52. The molecular formula is C34H37ClF5N7O3. The highest BCUT2D eigenvalue weighted by atomic mass is 35.5. The van der Waals surface area contributed by atoms with Gasteiger partial charge >= 0.3 is 12.2 Å². The maximum Gasteiger partial charge on any atom is 0.418 e. The summed E-state index contributed by atoms with van der Waals surface area (Å²) in [6.07, 6.45) is -3.01. The molecule has 5 saturated heterocycles. The van der Waals surface area contributed by atoms with Gasteiger partial charge in [-0.2, -0.15) is 23.1 Å². The smallest absolute Gasteiger partial charge is 0.418 e. The molecule has 16 heteroatoms. The van der Waals surface area contributed by atoms with Crippen LogP contribution in [0, 0.1) is 24.6 Å². The second-order valence-corrected chi connectivity index (χ2v) is 15.3. The van der Waals surface area contributed by atoms with Gasteiger partial charge in [0.25, 0.3) is 0 Å². The molecule has 0 spiro atoms. The third-order valence-electron chi connectivity index (χ3n) is 11.7. The Kier molecular flexibility index (Phi) is 7.58. The number of aromatic nitrogens is 3. The number of aryl methyl sites for hydroxylation is 1. The van der Waals surface area contributed by atoms with Gasteiger partial charge in [-0.05, 0) is 50.3 Å². The summed E-state index contributed by atoms with van der Waals surface area (Å²) >= 11 is 6.89. The molecule has 0 unspecified atom stereocenters. The van der Waals surface area contributed by atoms with Crippen molar-refractivity contribution in [3.63, 3.8) is 0 Å². The Hall–Kier alpha value is -3.27. The number of halogens is 6. The summed E-state index contributed by atoms with van der Waals surface area (Å²) in [5, 5.41) is -0.209. The number of hydrogen-bond donors (Lipinski definition) is 1. The van der Waals surface area contributed by atoms with E-state index in [0.717, 1.165) is 58.2 Å². The molecule has 2 bridgehead atoms. The molecule has 6 aliphatic heterocycles. The van der Waals surface area contributed by atoms with Crippen molar-refractivity contribution in [2.75, 3.05) is 69.8 Å². The monoisotopic (exact) mass is 721 g/mol. The number of ether oxygens (including phenoxy) is 3. The van der Waals surface area contributed by atoms with Gasteiger partial charge in [0.05, 0.1) is 52.0 Å². The van der Waals surface area contributed by atoms with Gasteiger partial charge < -0.3 is 24.8 Å². The number of piperidine rings is 1. The topological polar surface area (TPSA) is 102 Å². The van der Waals surface area contributed by atoms with E-state index in [-0.39, 0.29) is 70.3 Å². The summed E-state index contributed by atoms with van der Waals surface area (Å²) in [4.78, 5) is 20.0. The van der Waals surface area contributed by atoms with Crippen LogP contribution in [-0.2, 0) is 10.9 Å². The number of alkyl halides is 4. The summed E-state index contributed by atoms with van der Waals surface area (Å²) in [5.41, 5.74) is 2.34. The SMILES string of the molecule is Cc1cc(N)nc(-c2c(Cl)c3c4c(nc(OC[C@]56CCCN5C[C@H](F)C6)nc4c2F)N2C[C@H]4C[C@H](CN4CC4COC4)[C@H]2CO3)c1C(F)(F)F. The molecule has 0 radical (unpaired) electrons. The zero-order chi connectivity index (χ0) is 34.7. The van der Waals surface area contributed by atoms with Gasteiger partial charge in [-0.25, -0.2) is 13.8 Å². The molecule has 0 amide bonds. The van der Waals surface area contributed by atoms with Crippen molar-refractivity contribution in [2.24, 2.45) is 11.8 Å². The average Bonchev–Trinajstić information content (AvgIpc) is 3.62. The number of rotatable bonds is 6. The van der Waals surface area contributed by atoms with Crippen molar-refractivity contribution in [3.8, 4) is 23.0 Å². The van der Waals surface area contributed by atoms with Crippen LogP contribution in [0.2, 0.25) is 5.02 Å². The first-order chi connectivity index (χ1) is 23.9. The van der Waals surface area contributed by atoms with E-state index in [9.17, 15) is 17.6 Å². The van der Waals surface area contributed by atoms with Crippen molar-refractivity contribution in [1.82, 2.24) is 24.8 Å². The molecule has 1 aromatic carbocycles. The number of benzene rings is 1. The second-order valence-electron chi connectivity index (χ2n) is 14.9. The van der Waals surface area contributed by atoms with E-state index in [4.69, 9.17) is 36.5 Å². The third kappa shape index (κ3) is 5.08. The largest absolute Gasteiger partial charge is 0.489 e. The van der Waals surface area contributed by atoms with E-state index in [2.05, 4.69) is 24.7 Å². The number of likely N-dealkylation sites (tertiary alicyclic amines) is 1. The molecule has 50 heavy (non-hydrogen) atoms. The third-order valence-corrected chi connectivity index (χ3v) is 12.1. The fourth-order valence-corrected chi connectivity index (χ4v) is 9.75. The first-order valence-electron chi connectivity index (χ1n) is 17.2. The Balaban J connectivity index is 1.20. The highest BCUT2D eigenvalue weighted by molar-refractivity contribution is 6.36. The highest BCUT2D eigenvalue weighted by Gasteiger charge is 2.51. The van der Waals surface area contributed by atoms with Crippen molar-refractivity contribution in [1.29, 1.82) is 0 Å². The lowest BCUT2D eigenvalue weighted by Gasteiger charge is -2.40. The van der Waals surface area contributed by atoms with Gasteiger partial charge in [-0.15, -0.1) is 0 Å². The van der Waals surface area contributed by atoms with Gasteiger partial charge in [0, 0.05) is 44.6 Å². The van der Waals surface area contributed by atoms with Crippen LogP contribution in [0.1, 0.15) is 36.8 Å². The van der Waals surface area contributed by atoms with Gasteiger partial charge in [-0.1, -0.05) is 11.6 Å². The first kappa shape index (κ1) is 32.6. The minimum atomic E-state index is -4.90. The van der Waals surface area contributed by atoms with E-state index >= 15 is 4.39 Å². The van der Waals surface area contributed by atoms with E-state index in [1.54, 1.807) is 0 Å². The molecule has 10 nitrogen and oxygen atoms in total. The lowest BCUT2D eigenvalue weighted by atomic mass is 9.91. The van der Waals surface area contributed by atoms with Crippen LogP contribution in [0.25, 0.3) is 22.2 Å². The summed E-state index contributed by atoms with van der Waals surface area (Å²) < 4.78 is 93.3. The van der Waals surface area contributed by atoms with Gasteiger partial charge in [-0.3, -0.25) is 9.80 Å². The van der Waals surface area contributed by atoms with E-state index in [0.29, 0.717) is 31.2 Å². The Bertz CT molecular complexity index is 1880. The van der Waals surface area contributed by atoms with Gasteiger partial charge in [0.15, 0.2) is 11.6 Å². The standard InChI is InChI=1S/C34H37ClF5N7O3/c1-16-5-22(41)42-28(25(16)34(38,39)40)23-26(35)30-24-29(27(23)37)43-32(50-15-33-3-2-4-46(33)10-19(36)7-33)44-31(24)47-11-20-6-18(21(47)14-49-30)9-45(20)8-17-12-48-13-17/h5,17-21H,2-4,6-15H2,1H3,(H2,41,42)/t18-,19-,20-,21-,33-/m1/s1. The molecule has 0 aliphatic carbocycles. The van der Waals surface area contributed by atoms with Crippen LogP contribution < -0.4 is 20.1 Å². The molecular weight excluding hydrogens is 685 g/mol. The molecule has 2 aromatic heterocycles. The van der Waals surface area contributed by atoms with Crippen molar-refractivity contribution in [3.05, 3.63) is 28.0 Å². The predicted molar refractivity (Wildman–Crippen MR) is 175 cm³/mol. The molecule has 0 saturated carbocycles. The number of fused-ring (bicyclic) bond motifs is 6. The summed E-state index contributed by atoms with van der Waals surface area (Å²) in [5.74, 6) is -0.355. The number of nitrogens with two attached hydrogens (primary N) is 1. The van der Waals surface area contributed by atoms with E-state index < -0.39 is 40.5 Å². The molecule has 6 aliphatic rings. The molecule has 2 N–H and O–H groups in total. The fourth-order valence-electron chi connectivity index (χ4n) is 9.43. The van der Waals surface area contributed by atoms with Crippen LogP contribution in [0.15, 0.2) is 6.07 Å². The average molecular weight is 722 g/mol. The lowest BCUT2D eigenvalue weighted by molar-refractivity contribution is -0.137. The van der Waals surface area contributed by atoms with E-state index in [1.165, 1.54) is 6.92 Å². The number of pyridine rings is 1. The molecule has 5 fully saturated rings. The van der Waals surface area contributed by atoms with Crippen LogP contribution in [-0.4, -0.2) is 108 Å². The van der Waals surface area contributed by atoms with Gasteiger partial charge in [0.1, 0.15) is 36.5 Å². The minimum Gasteiger partial charge on any atom is -0.489 e. The second kappa shape index (κ2) is 11.6. The van der Waals surface area contributed by atoms with Crippen molar-refractivity contribution >= 4 is 34.1 Å². The summed E-state index contributed by atoms with van der Waals surface area (Å²) in [6.45, 7) is 6.34. The first-order valence-corrected chi connectivity index (χ1v) is 17.6. The van der Waals surface area contributed by atoms with Crippen molar-refractivity contribution in [2.45, 2.75) is 62.6 Å². The summed E-state index contributed by atoms with van der Waals surface area (Å²) in [6, 6.07) is 0.956. The number of hydrogen-bond acceptors (Lipinski definition) is 10. The number of anilines is 2. The van der Waals surface area contributed by atoms with Crippen LogP contribution in [0.4, 0.5) is 33.6 Å². The lowest BCUT2D eigenvalue weighted by Crippen LogP contribution is -2.51. The maximum absolute atomic E-state index is 17.1. The zero-order valence-corrected chi connectivity index (χ0v) is 28.2. The predicted octanol–water partition coefficient (Wildman–Crippen LogP) is 5.27. The Morgan fingerprint density at radius 2 is 1.96 bits per heavy atom. The van der Waals surface area contributed by atoms with Crippen molar-refractivity contribution < 1.29 is 36.2 Å². The van der Waals surface area contributed by atoms with Crippen LogP contribution in [0.3, 0.4) is 0 Å². The van der Waals surface area contributed by atoms with Gasteiger partial charge in [0.2, 0.25) is 0 Å². The fraction of sp³-hybridized carbons (Fsp3) is 0.618. The van der Waals surface area contributed by atoms with E-state index in [1.807, 2.05) is 0 Å². The minimum absolute atomic E-state index is 0.0139. The quantitative estimate of drug-likeness (QED) is 0.339. The maximum atomic E-state index is 17.1. The molecule has 268 valence electrons. The number of nitrogens with zero attached hydrogens (tertiary/aromatic N) is 6. The summed E-state index contributed by atoms with van der Waals surface area (Å²) in [7, 11) is 0. The molecule has 9 rings (SSSR count). The molecule has 5 atom stereocenters. The Morgan fingerprint density at radius 1 is 1.14 bits per heavy atom. The molecule has 8 heterocycles. The van der Waals surface area contributed by atoms with Crippen LogP contribution >= 0.6 is 11.6 Å². The molecule has 3 aromatic rings. The zero-order valence-electron chi connectivity index (χ0n) is 27.4. The van der Waals surface area contributed by atoms with Crippen LogP contribution in [0.5, 0.6) is 11.8 Å². The number of nitrogen functional groups attached to an aromatic ring is 1.